The van der Waals surface area contributed by atoms with E-state index in [1.807, 2.05) is 36.5 Å². The smallest absolute Gasteiger partial charge is 0.125 e. The molecule has 6 heteroatoms. The molecule has 0 unspecified atom stereocenters. The molecule has 0 saturated carbocycles. The number of ether oxygens (including phenoxy) is 1. The Bertz CT molecular complexity index is 878. The van der Waals surface area contributed by atoms with Gasteiger partial charge in [0.1, 0.15) is 5.82 Å². The summed E-state index contributed by atoms with van der Waals surface area (Å²) < 4.78 is 9.52. The van der Waals surface area contributed by atoms with E-state index in [1.165, 1.54) is 11.1 Å². The van der Waals surface area contributed by atoms with Gasteiger partial charge in [0.2, 0.25) is 0 Å². The lowest BCUT2D eigenvalue weighted by molar-refractivity contribution is 0.0518. The zero-order valence-corrected chi connectivity index (χ0v) is 16.0. The van der Waals surface area contributed by atoms with Gasteiger partial charge < -0.3 is 14.6 Å². The fraction of sp³-hybridized carbons (Fsp3) is 0.429. The molecule has 6 nitrogen and oxygen atoms in total. The van der Waals surface area contributed by atoms with Crippen molar-refractivity contribution in [1.82, 2.24) is 24.6 Å². The minimum Gasteiger partial charge on any atom is -0.381 e. The molecule has 1 aromatic carbocycles. The maximum Gasteiger partial charge on any atom is 0.125 e. The van der Waals surface area contributed by atoms with Crippen LogP contribution in [0.4, 0.5) is 0 Å². The molecule has 4 rings (SSSR count). The number of aromatic nitrogens is 4. The number of imidazole rings is 1. The summed E-state index contributed by atoms with van der Waals surface area (Å²) in [5.41, 5.74) is 3.61. The van der Waals surface area contributed by atoms with Gasteiger partial charge in [0.05, 0.1) is 12.2 Å². The van der Waals surface area contributed by atoms with Crippen molar-refractivity contribution >= 4 is 0 Å². The van der Waals surface area contributed by atoms with Crippen molar-refractivity contribution in [1.29, 1.82) is 0 Å². The molecule has 1 saturated heterocycles. The average Bonchev–Trinajstić information content (AvgIpc) is 3.32. The van der Waals surface area contributed by atoms with Crippen LogP contribution in [-0.4, -0.2) is 32.5 Å². The molecule has 0 bridgehead atoms. The summed E-state index contributed by atoms with van der Waals surface area (Å²) in [5, 5.41) is 8.05. The standard InChI is InChI=1S/C21H27N5O/c1-25-9-8-22-21(25)20(17-6-10-27-11-7-17)23-13-16-4-3-5-18(12-16)19-14-24-26(2)15-19/h3-5,8-9,12,14-15,17,20,23H,6-7,10-11,13H2,1-2H3/t20-/m0/s1. The van der Waals surface area contributed by atoms with Gasteiger partial charge in [-0.25, -0.2) is 4.98 Å². The van der Waals surface area contributed by atoms with Crippen LogP contribution in [0.1, 0.15) is 30.3 Å². The van der Waals surface area contributed by atoms with Gasteiger partial charge in [-0.15, -0.1) is 0 Å². The van der Waals surface area contributed by atoms with E-state index < -0.39 is 0 Å². The van der Waals surface area contributed by atoms with Crippen LogP contribution in [0.15, 0.2) is 49.1 Å². The van der Waals surface area contributed by atoms with Crippen LogP contribution in [0.2, 0.25) is 0 Å². The fourth-order valence-electron chi connectivity index (χ4n) is 3.85. The van der Waals surface area contributed by atoms with Gasteiger partial charge in [0.25, 0.3) is 0 Å². The normalized spacial score (nSPS) is 16.5. The molecule has 0 amide bonds. The van der Waals surface area contributed by atoms with Crippen LogP contribution in [0, 0.1) is 5.92 Å². The van der Waals surface area contributed by atoms with Gasteiger partial charge in [-0.3, -0.25) is 4.68 Å². The molecular weight excluding hydrogens is 338 g/mol. The lowest BCUT2D eigenvalue weighted by Gasteiger charge is -2.30. The van der Waals surface area contributed by atoms with Crippen molar-refractivity contribution in [3.05, 3.63) is 60.4 Å². The molecule has 0 aliphatic carbocycles. The predicted molar refractivity (Wildman–Crippen MR) is 105 cm³/mol. The van der Waals surface area contributed by atoms with Gasteiger partial charge in [0, 0.05) is 58.0 Å². The second kappa shape index (κ2) is 8.06. The lowest BCUT2D eigenvalue weighted by atomic mass is 9.91. The van der Waals surface area contributed by atoms with Crippen molar-refractivity contribution in [2.45, 2.75) is 25.4 Å². The third-order valence-electron chi connectivity index (χ3n) is 5.37. The highest BCUT2D eigenvalue weighted by Gasteiger charge is 2.27. The number of rotatable bonds is 6. The Morgan fingerprint density at radius 3 is 2.78 bits per heavy atom. The summed E-state index contributed by atoms with van der Waals surface area (Å²) in [6, 6.07) is 8.89. The summed E-state index contributed by atoms with van der Waals surface area (Å²) in [6.07, 6.45) is 10.00. The molecular formula is C21H27N5O. The molecule has 1 atom stereocenters. The summed E-state index contributed by atoms with van der Waals surface area (Å²) in [6.45, 7) is 2.48. The molecule has 2 aromatic heterocycles. The third kappa shape index (κ3) is 4.12. The number of nitrogens with zero attached hydrogens (tertiary/aromatic N) is 4. The van der Waals surface area contributed by atoms with Crippen molar-refractivity contribution in [2.75, 3.05) is 13.2 Å². The van der Waals surface area contributed by atoms with Crippen LogP contribution < -0.4 is 5.32 Å². The molecule has 27 heavy (non-hydrogen) atoms. The molecule has 0 spiro atoms. The largest absolute Gasteiger partial charge is 0.381 e. The predicted octanol–water partition coefficient (Wildman–Crippen LogP) is 3.08. The Labute approximate surface area is 160 Å². The first-order valence-corrected chi connectivity index (χ1v) is 9.57. The molecule has 1 N–H and O–H groups in total. The number of nitrogens with one attached hydrogen (secondary N) is 1. The molecule has 3 heterocycles. The summed E-state index contributed by atoms with van der Waals surface area (Å²) in [7, 11) is 4.01. The van der Waals surface area contributed by atoms with Crippen LogP contribution in [-0.2, 0) is 25.4 Å². The van der Waals surface area contributed by atoms with Crippen LogP contribution in [0.5, 0.6) is 0 Å². The third-order valence-corrected chi connectivity index (χ3v) is 5.37. The first kappa shape index (κ1) is 17.9. The average molecular weight is 365 g/mol. The van der Waals surface area contributed by atoms with Crippen LogP contribution in [0.3, 0.4) is 0 Å². The monoisotopic (exact) mass is 365 g/mol. The molecule has 3 aromatic rings. The summed E-state index contributed by atoms with van der Waals surface area (Å²) in [5.74, 6) is 1.65. The topological polar surface area (TPSA) is 56.9 Å². The minimum absolute atomic E-state index is 0.232. The van der Waals surface area contributed by atoms with E-state index in [9.17, 15) is 0 Å². The van der Waals surface area contributed by atoms with E-state index in [4.69, 9.17) is 4.74 Å². The summed E-state index contributed by atoms with van der Waals surface area (Å²) in [4.78, 5) is 4.62. The second-order valence-electron chi connectivity index (χ2n) is 7.31. The number of benzene rings is 1. The van der Waals surface area contributed by atoms with Gasteiger partial charge in [0.15, 0.2) is 0 Å². The highest BCUT2D eigenvalue weighted by Crippen LogP contribution is 2.29. The van der Waals surface area contributed by atoms with E-state index in [-0.39, 0.29) is 6.04 Å². The van der Waals surface area contributed by atoms with Crippen LogP contribution in [0.25, 0.3) is 11.1 Å². The Hall–Kier alpha value is -2.44. The number of aryl methyl sites for hydroxylation is 2. The molecule has 1 aliphatic heterocycles. The lowest BCUT2D eigenvalue weighted by Crippen LogP contribution is -2.33. The summed E-state index contributed by atoms with van der Waals surface area (Å²) >= 11 is 0. The van der Waals surface area contributed by atoms with Crippen molar-refractivity contribution in [3.8, 4) is 11.1 Å². The van der Waals surface area contributed by atoms with E-state index in [0.717, 1.165) is 44.0 Å². The Morgan fingerprint density at radius 1 is 1.22 bits per heavy atom. The van der Waals surface area contributed by atoms with E-state index in [1.54, 1.807) is 0 Å². The Balaban J connectivity index is 1.51. The van der Waals surface area contributed by atoms with Gasteiger partial charge >= 0.3 is 0 Å². The van der Waals surface area contributed by atoms with Gasteiger partial charge in [-0.1, -0.05) is 18.2 Å². The van der Waals surface area contributed by atoms with Crippen molar-refractivity contribution < 1.29 is 4.74 Å². The second-order valence-corrected chi connectivity index (χ2v) is 7.31. The minimum atomic E-state index is 0.232. The van der Waals surface area contributed by atoms with Crippen molar-refractivity contribution in [3.63, 3.8) is 0 Å². The quantitative estimate of drug-likeness (QED) is 0.729. The van der Waals surface area contributed by atoms with Crippen LogP contribution >= 0.6 is 0 Å². The number of hydrogen-bond acceptors (Lipinski definition) is 4. The highest BCUT2D eigenvalue weighted by molar-refractivity contribution is 5.62. The fourth-order valence-corrected chi connectivity index (χ4v) is 3.85. The maximum absolute atomic E-state index is 5.56. The van der Waals surface area contributed by atoms with Gasteiger partial charge in [-0.05, 0) is 36.0 Å². The maximum atomic E-state index is 5.56. The van der Waals surface area contributed by atoms with E-state index >= 15 is 0 Å². The highest BCUT2D eigenvalue weighted by atomic mass is 16.5. The van der Waals surface area contributed by atoms with Gasteiger partial charge in [-0.2, -0.15) is 5.10 Å². The van der Waals surface area contributed by atoms with Crippen molar-refractivity contribution in [2.24, 2.45) is 20.0 Å². The zero-order valence-electron chi connectivity index (χ0n) is 16.0. The Kier molecular flexibility index (Phi) is 5.36. The van der Waals surface area contributed by atoms with E-state index in [2.05, 4.69) is 51.3 Å². The molecule has 142 valence electrons. The molecule has 1 aliphatic rings. The first-order valence-electron chi connectivity index (χ1n) is 9.57. The zero-order chi connectivity index (χ0) is 18.6. The SMILES string of the molecule is Cn1cc(-c2cccc(CN[C@H](c3nccn3C)C3CCOCC3)c2)cn1. The van der Waals surface area contributed by atoms with E-state index in [0.29, 0.717) is 5.92 Å². The molecule has 1 fully saturated rings. The number of hydrogen-bond donors (Lipinski definition) is 1. The molecule has 0 radical (unpaired) electrons. The first-order chi connectivity index (χ1) is 13.2. The Morgan fingerprint density at radius 2 is 2.07 bits per heavy atom.